The molecule has 20 heavy (non-hydrogen) atoms. The maximum Gasteiger partial charge on any atom is 0.338 e. The number of hydrogen-bond acceptors (Lipinski definition) is 4. The second-order valence-corrected chi connectivity index (χ2v) is 4.41. The number of aryl methyl sites for hydroxylation is 1. The summed E-state index contributed by atoms with van der Waals surface area (Å²) in [6.45, 7) is 4.22. The van der Waals surface area contributed by atoms with Crippen LogP contribution in [0.1, 0.15) is 41.8 Å². The SMILES string of the molecule is CCOC(=O)CCc1cc(C(=O)OCC)ccc1CCl. The summed E-state index contributed by atoms with van der Waals surface area (Å²) in [7, 11) is 0. The van der Waals surface area contributed by atoms with Gasteiger partial charge in [-0.25, -0.2) is 4.79 Å². The van der Waals surface area contributed by atoms with Gasteiger partial charge in [0.05, 0.1) is 18.8 Å². The maximum absolute atomic E-state index is 11.7. The van der Waals surface area contributed by atoms with E-state index in [1.807, 2.05) is 0 Å². The summed E-state index contributed by atoms with van der Waals surface area (Å²) in [6, 6.07) is 5.21. The molecule has 0 amide bonds. The average molecular weight is 299 g/mol. The van der Waals surface area contributed by atoms with Crippen molar-refractivity contribution in [2.45, 2.75) is 32.6 Å². The molecule has 0 saturated heterocycles. The molecule has 4 nitrogen and oxygen atoms in total. The lowest BCUT2D eigenvalue weighted by Gasteiger charge is -2.09. The summed E-state index contributed by atoms with van der Waals surface area (Å²) in [6.07, 6.45) is 0.762. The van der Waals surface area contributed by atoms with Crippen LogP contribution in [-0.4, -0.2) is 25.2 Å². The fraction of sp³-hybridized carbons (Fsp3) is 0.467. The molecule has 1 aromatic carbocycles. The van der Waals surface area contributed by atoms with Crippen molar-refractivity contribution in [3.05, 3.63) is 34.9 Å². The van der Waals surface area contributed by atoms with Crippen molar-refractivity contribution < 1.29 is 19.1 Å². The molecule has 0 aliphatic rings. The first-order chi connectivity index (χ1) is 9.62. The van der Waals surface area contributed by atoms with Crippen molar-refractivity contribution in [1.82, 2.24) is 0 Å². The Morgan fingerprint density at radius 3 is 2.40 bits per heavy atom. The number of ether oxygens (including phenoxy) is 2. The highest BCUT2D eigenvalue weighted by molar-refractivity contribution is 6.17. The highest BCUT2D eigenvalue weighted by Gasteiger charge is 2.11. The van der Waals surface area contributed by atoms with Gasteiger partial charge in [0.25, 0.3) is 0 Å². The van der Waals surface area contributed by atoms with Crippen LogP contribution in [0.15, 0.2) is 18.2 Å². The molecule has 0 heterocycles. The van der Waals surface area contributed by atoms with Gasteiger partial charge in [0, 0.05) is 12.3 Å². The van der Waals surface area contributed by atoms with Crippen LogP contribution >= 0.6 is 11.6 Å². The molecule has 0 radical (unpaired) electrons. The van der Waals surface area contributed by atoms with Gasteiger partial charge in [0.15, 0.2) is 0 Å². The van der Waals surface area contributed by atoms with Gasteiger partial charge in [-0.1, -0.05) is 6.07 Å². The van der Waals surface area contributed by atoms with Gasteiger partial charge in [0.1, 0.15) is 0 Å². The molecular weight excluding hydrogens is 280 g/mol. The van der Waals surface area contributed by atoms with Crippen molar-refractivity contribution in [3.63, 3.8) is 0 Å². The van der Waals surface area contributed by atoms with E-state index in [1.165, 1.54) is 0 Å². The largest absolute Gasteiger partial charge is 0.466 e. The standard InChI is InChI=1S/C15H19ClO4/c1-3-19-14(17)8-7-11-9-12(15(18)20-4-2)5-6-13(11)10-16/h5-6,9H,3-4,7-8,10H2,1-2H3. The number of carbonyl (C=O) groups excluding carboxylic acids is 2. The first-order valence-electron chi connectivity index (χ1n) is 6.62. The fourth-order valence-corrected chi connectivity index (χ4v) is 2.06. The van der Waals surface area contributed by atoms with E-state index in [0.29, 0.717) is 31.1 Å². The Morgan fingerprint density at radius 1 is 1.10 bits per heavy atom. The first kappa shape index (κ1) is 16.5. The summed E-state index contributed by atoms with van der Waals surface area (Å²) in [5.74, 6) is -0.290. The third-order valence-electron chi connectivity index (χ3n) is 2.77. The minimum Gasteiger partial charge on any atom is -0.466 e. The lowest BCUT2D eigenvalue weighted by Crippen LogP contribution is -2.08. The van der Waals surface area contributed by atoms with Gasteiger partial charge in [0.2, 0.25) is 0 Å². The molecule has 110 valence electrons. The van der Waals surface area contributed by atoms with Crippen LogP contribution in [0, 0.1) is 0 Å². The van der Waals surface area contributed by atoms with E-state index in [4.69, 9.17) is 21.1 Å². The predicted octanol–water partition coefficient (Wildman–Crippen LogP) is 3.10. The van der Waals surface area contributed by atoms with E-state index >= 15 is 0 Å². The summed E-state index contributed by atoms with van der Waals surface area (Å²) in [5.41, 5.74) is 2.25. The zero-order chi connectivity index (χ0) is 15.0. The van der Waals surface area contributed by atoms with Crippen molar-refractivity contribution in [2.75, 3.05) is 13.2 Å². The molecule has 0 aromatic heterocycles. The maximum atomic E-state index is 11.7. The topological polar surface area (TPSA) is 52.6 Å². The number of esters is 2. The van der Waals surface area contributed by atoms with E-state index in [0.717, 1.165) is 11.1 Å². The number of halogens is 1. The van der Waals surface area contributed by atoms with Gasteiger partial charge in [-0.05, 0) is 43.5 Å². The quantitative estimate of drug-likeness (QED) is 0.573. The molecule has 0 fully saturated rings. The third-order valence-corrected chi connectivity index (χ3v) is 3.05. The van der Waals surface area contributed by atoms with Gasteiger partial charge >= 0.3 is 11.9 Å². The van der Waals surface area contributed by atoms with Gasteiger partial charge in [-0.15, -0.1) is 11.6 Å². The van der Waals surface area contributed by atoms with Gasteiger partial charge in [-0.2, -0.15) is 0 Å². The molecular formula is C15H19ClO4. The Morgan fingerprint density at radius 2 is 1.80 bits per heavy atom. The summed E-state index contributed by atoms with van der Waals surface area (Å²) in [5, 5.41) is 0. The van der Waals surface area contributed by atoms with E-state index in [1.54, 1.807) is 32.0 Å². The van der Waals surface area contributed by atoms with Crippen LogP contribution in [0.25, 0.3) is 0 Å². The zero-order valence-electron chi connectivity index (χ0n) is 11.8. The molecule has 1 rings (SSSR count). The second kappa shape index (κ2) is 8.59. The lowest BCUT2D eigenvalue weighted by atomic mass is 10.0. The Hall–Kier alpha value is -1.55. The summed E-state index contributed by atoms with van der Waals surface area (Å²) in [4.78, 5) is 23.1. The monoisotopic (exact) mass is 298 g/mol. The van der Waals surface area contributed by atoms with Crippen molar-refractivity contribution in [3.8, 4) is 0 Å². The second-order valence-electron chi connectivity index (χ2n) is 4.14. The van der Waals surface area contributed by atoms with Crippen LogP contribution in [-0.2, 0) is 26.6 Å². The van der Waals surface area contributed by atoms with Crippen molar-refractivity contribution in [1.29, 1.82) is 0 Å². The number of benzene rings is 1. The summed E-state index contributed by atoms with van der Waals surface area (Å²) >= 11 is 5.87. The minimum atomic E-state index is -0.369. The van der Waals surface area contributed by atoms with Crippen molar-refractivity contribution >= 4 is 23.5 Å². The Balaban J connectivity index is 2.83. The minimum absolute atomic E-state index is 0.255. The highest BCUT2D eigenvalue weighted by atomic mass is 35.5. The molecule has 0 spiro atoms. The Labute approximate surface area is 124 Å². The molecule has 0 saturated carbocycles. The van der Waals surface area contributed by atoms with E-state index in [2.05, 4.69) is 0 Å². The van der Waals surface area contributed by atoms with Crippen LogP contribution in [0.5, 0.6) is 0 Å². The molecule has 1 aromatic rings. The third kappa shape index (κ3) is 4.85. The molecule has 0 aliphatic heterocycles. The smallest absolute Gasteiger partial charge is 0.338 e. The molecule has 0 N–H and O–H groups in total. The molecule has 0 atom stereocenters. The molecule has 5 heteroatoms. The molecule has 0 unspecified atom stereocenters. The molecule has 0 aliphatic carbocycles. The number of alkyl halides is 1. The normalized spacial score (nSPS) is 10.2. The summed E-state index contributed by atoms with van der Waals surface area (Å²) < 4.78 is 9.85. The average Bonchev–Trinajstić information content (AvgIpc) is 2.45. The Kier molecular flexibility index (Phi) is 7.09. The van der Waals surface area contributed by atoms with E-state index in [9.17, 15) is 9.59 Å². The number of carbonyl (C=O) groups is 2. The predicted molar refractivity (Wildman–Crippen MR) is 76.9 cm³/mol. The van der Waals surface area contributed by atoms with Crippen LogP contribution in [0.4, 0.5) is 0 Å². The lowest BCUT2D eigenvalue weighted by molar-refractivity contribution is -0.143. The van der Waals surface area contributed by atoms with Crippen LogP contribution < -0.4 is 0 Å². The Bertz CT molecular complexity index is 471. The first-order valence-corrected chi connectivity index (χ1v) is 7.16. The van der Waals surface area contributed by atoms with E-state index in [-0.39, 0.29) is 18.4 Å². The number of rotatable bonds is 7. The van der Waals surface area contributed by atoms with Gasteiger partial charge in [-0.3, -0.25) is 4.79 Å². The number of hydrogen-bond donors (Lipinski definition) is 0. The van der Waals surface area contributed by atoms with Crippen molar-refractivity contribution in [2.24, 2.45) is 0 Å². The molecule has 0 bridgehead atoms. The fourth-order valence-electron chi connectivity index (χ4n) is 1.80. The van der Waals surface area contributed by atoms with E-state index < -0.39 is 0 Å². The van der Waals surface area contributed by atoms with Gasteiger partial charge < -0.3 is 9.47 Å². The van der Waals surface area contributed by atoms with Crippen LogP contribution in [0.2, 0.25) is 0 Å². The van der Waals surface area contributed by atoms with Crippen LogP contribution in [0.3, 0.4) is 0 Å². The highest BCUT2D eigenvalue weighted by Crippen LogP contribution is 2.17. The zero-order valence-corrected chi connectivity index (χ0v) is 12.5.